The molecule has 0 aromatic rings. The molecule has 2 atom stereocenters. The molecule has 0 radical (unpaired) electrons. The minimum absolute atomic E-state index is 0.181. The smallest absolute Gasteiger partial charge is 0.409 e. The van der Waals surface area contributed by atoms with Crippen molar-refractivity contribution in [1.29, 1.82) is 0 Å². The van der Waals surface area contributed by atoms with E-state index in [9.17, 15) is 19.5 Å². The Balaban J connectivity index is 2.03. The molecular formula is C16H26N2O6. The molecule has 2 aliphatic rings. The molecule has 2 rings (SSSR count). The number of carbonyl (C=O) groups excluding carboxylic acids is 3. The van der Waals surface area contributed by atoms with E-state index in [0.717, 1.165) is 0 Å². The molecule has 0 aromatic heterocycles. The number of piperidine rings is 1. The Morgan fingerprint density at radius 3 is 2.50 bits per heavy atom. The van der Waals surface area contributed by atoms with Gasteiger partial charge in [0.25, 0.3) is 0 Å². The first kappa shape index (κ1) is 18.5. The van der Waals surface area contributed by atoms with Crippen LogP contribution in [0.1, 0.15) is 33.6 Å². The van der Waals surface area contributed by atoms with E-state index >= 15 is 0 Å². The summed E-state index contributed by atoms with van der Waals surface area (Å²) in [7, 11) is 0. The predicted octanol–water partition coefficient (Wildman–Crippen LogP) is 0.284. The molecule has 0 unspecified atom stereocenters. The minimum Gasteiger partial charge on any atom is -0.466 e. The number of aliphatic hydroxyl groups excluding tert-OH is 1. The van der Waals surface area contributed by atoms with Crippen LogP contribution in [0.3, 0.4) is 0 Å². The van der Waals surface area contributed by atoms with Crippen molar-refractivity contribution in [2.45, 2.75) is 45.3 Å². The second-order valence-electron chi connectivity index (χ2n) is 6.78. The number of hydrogen-bond donors (Lipinski definition) is 2. The van der Waals surface area contributed by atoms with Crippen LogP contribution in [0, 0.1) is 11.8 Å². The van der Waals surface area contributed by atoms with Gasteiger partial charge in [-0.25, -0.2) is 4.79 Å². The van der Waals surface area contributed by atoms with Crippen molar-refractivity contribution in [2.24, 2.45) is 11.8 Å². The van der Waals surface area contributed by atoms with E-state index in [4.69, 9.17) is 9.47 Å². The third kappa shape index (κ3) is 3.63. The summed E-state index contributed by atoms with van der Waals surface area (Å²) in [5.74, 6) is -1.84. The van der Waals surface area contributed by atoms with E-state index in [1.165, 1.54) is 0 Å². The molecule has 2 saturated heterocycles. The van der Waals surface area contributed by atoms with Crippen molar-refractivity contribution < 1.29 is 29.0 Å². The lowest BCUT2D eigenvalue weighted by molar-refractivity contribution is -0.155. The lowest BCUT2D eigenvalue weighted by Gasteiger charge is -2.41. The van der Waals surface area contributed by atoms with Crippen molar-refractivity contribution >= 4 is 18.0 Å². The zero-order valence-electron chi connectivity index (χ0n) is 14.4. The summed E-state index contributed by atoms with van der Waals surface area (Å²) in [5, 5.41) is 12.8. The van der Waals surface area contributed by atoms with Crippen molar-refractivity contribution in [3.05, 3.63) is 0 Å². The largest absolute Gasteiger partial charge is 0.466 e. The average molecular weight is 342 g/mol. The van der Waals surface area contributed by atoms with Gasteiger partial charge in [0.1, 0.15) is 12.0 Å². The topological polar surface area (TPSA) is 105 Å². The summed E-state index contributed by atoms with van der Waals surface area (Å²) in [5.41, 5.74) is -0.864. The molecule has 2 fully saturated rings. The summed E-state index contributed by atoms with van der Waals surface area (Å²) in [6.07, 6.45) is -1.06. The second kappa shape index (κ2) is 7.38. The zero-order chi connectivity index (χ0) is 17.9. The van der Waals surface area contributed by atoms with Crippen LogP contribution >= 0.6 is 0 Å². The maximum atomic E-state index is 12.2. The van der Waals surface area contributed by atoms with E-state index in [1.807, 2.05) is 13.8 Å². The third-order valence-corrected chi connectivity index (χ3v) is 4.55. The fourth-order valence-corrected chi connectivity index (χ4v) is 3.29. The Hall–Kier alpha value is -1.83. The highest BCUT2D eigenvalue weighted by molar-refractivity contribution is 5.92. The van der Waals surface area contributed by atoms with E-state index < -0.39 is 35.5 Å². The number of aliphatic hydroxyl groups is 1. The Bertz CT molecular complexity index is 499. The number of rotatable bonds is 4. The fraction of sp³-hybridized carbons (Fsp3) is 0.812. The van der Waals surface area contributed by atoms with Gasteiger partial charge in [0.2, 0.25) is 5.91 Å². The molecule has 2 amide bonds. The van der Waals surface area contributed by atoms with Crippen molar-refractivity contribution in [3.8, 4) is 0 Å². The number of nitrogens with zero attached hydrogens (tertiary/aromatic N) is 1. The first-order chi connectivity index (χ1) is 11.3. The van der Waals surface area contributed by atoms with Crippen LogP contribution in [0.4, 0.5) is 4.79 Å². The maximum Gasteiger partial charge on any atom is 0.409 e. The van der Waals surface area contributed by atoms with Gasteiger partial charge in [-0.15, -0.1) is 0 Å². The lowest BCUT2D eigenvalue weighted by Crippen LogP contribution is -2.57. The molecule has 2 heterocycles. The van der Waals surface area contributed by atoms with Crippen molar-refractivity contribution in [2.75, 3.05) is 26.3 Å². The van der Waals surface area contributed by atoms with Gasteiger partial charge < -0.3 is 24.8 Å². The number of hydrogen-bond acceptors (Lipinski definition) is 6. The number of carbonyl (C=O) groups is 3. The van der Waals surface area contributed by atoms with Crippen LogP contribution in [0.15, 0.2) is 0 Å². The maximum absolute atomic E-state index is 12.2. The number of amides is 2. The van der Waals surface area contributed by atoms with Gasteiger partial charge in [-0.2, -0.15) is 0 Å². The predicted molar refractivity (Wildman–Crippen MR) is 84.0 cm³/mol. The molecule has 1 spiro atoms. The molecule has 2 N–H and O–H groups in total. The van der Waals surface area contributed by atoms with Crippen LogP contribution in [0.5, 0.6) is 0 Å². The molecule has 0 saturated carbocycles. The molecule has 136 valence electrons. The normalized spacial score (nSPS) is 25.7. The average Bonchev–Trinajstić information content (AvgIpc) is 2.76. The quantitative estimate of drug-likeness (QED) is 0.711. The number of likely N-dealkylation sites (tertiary alicyclic amines) is 1. The van der Waals surface area contributed by atoms with E-state index in [0.29, 0.717) is 32.5 Å². The van der Waals surface area contributed by atoms with Crippen LogP contribution in [-0.2, 0) is 19.1 Å². The van der Waals surface area contributed by atoms with Gasteiger partial charge in [-0.3, -0.25) is 9.59 Å². The highest BCUT2D eigenvalue weighted by Gasteiger charge is 2.58. The highest BCUT2D eigenvalue weighted by atomic mass is 16.6. The number of nitrogens with one attached hydrogen (secondary N) is 1. The molecule has 0 aromatic carbocycles. The monoisotopic (exact) mass is 342 g/mol. The molecular weight excluding hydrogens is 316 g/mol. The summed E-state index contributed by atoms with van der Waals surface area (Å²) in [6, 6.07) is 0. The Morgan fingerprint density at radius 1 is 1.33 bits per heavy atom. The van der Waals surface area contributed by atoms with Crippen LogP contribution in [-0.4, -0.2) is 65.9 Å². The Morgan fingerprint density at radius 2 is 1.96 bits per heavy atom. The van der Waals surface area contributed by atoms with Gasteiger partial charge in [0.05, 0.1) is 18.8 Å². The first-order valence-electron chi connectivity index (χ1n) is 8.39. The van der Waals surface area contributed by atoms with E-state index in [2.05, 4.69) is 5.32 Å². The van der Waals surface area contributed by atoms with Crippen LogP contribution in [0.2, 0.25) is 0 Å². The third-order valence-electron chi connectivity index (χ3n) is 4.55. The lowest BCUT2D eigenvalue weighted by atomic mass is 9.77. The van der Waals surface area contributed by atoms with Gasteiger partial charge >= 0.3 is 12.1 Å². The van der Waals surface area contributed by atoms with Gasteiger partial charge in [-0.05, 0) is 25.7 Å². The summed E-state index contributed by atoms with van der Waals surface area (Å²) >= 11 is 0. The van der Waals surface area contributed by atoms with Crippen molar-refractivity contribution in [1.82, 2.24) is 10.2 Å². The van der Waals surface area contributed by atoms with E-state index in [-0.39, 0.29) is 12.5 Å². The van der Waals surface area contributed by atoms with Crippen molar-refractivity contribution in [3.63, 3.8) is 0 Å². The van der Waals surface area contributed by atoms with Crippen LogP contribution in [0.25, 0.3) is 0 Å². The Labute approximate surface area is 141 Å². The summed E-state index contributed by atoms with van der Waals surface area (Å²) in [4.78, 5) is 37.7. The SMILES string of the molecule is CCOC(=O)[C@H]1[C@@H](O)C(=O)NC12CCN(C(=O)OCC(C)C)CC2. The number of esters is 1. The minimum atomic E-state index is -1.41. The summed E-state index contributed by atoms with van der Waals surface area (Å²) < 4.78 is 10.2. The second-order valence-corrected chi connectivity index (χ2v) is 6.78. The molecule has 24 heavy (non-hydrogen) atoms. The van der Waals surface area contributed by atoms with Gasteiger partial charge in [0, 0.05) is 13.1 Å². The molecule has 8 nitrogen and oxygen atoms in total. The van der Waals surface area contributed by atoms with E-state index in [1.54, 1.807) is 11.8 Å². The molecule has 0 aliphatic carbocycles. The molecule has 8 heteroatoms. The van der Waals surface area contributed by atoms with Crippen LogP contribution < -0.4 is 5.32 Å². The van der Waals surface area contributed by atoms with Gasteiger partial charge in [0.15, 0.2) is 0 Å². The molecule has 2 aliphatic heterocycles. The zero-order valence-corrected chi connectivity index (χ0v) is 14.4. The number of ether oxygens (including phenoxy) is 2. The fourth-order valence-electron chi connectivity index (χ4n) is 3.29. The first-order valence-corrected chi connectivity index (χ1v) is 8.39. The standard InChI is InChI=1S/C16H26N2O6/c1-4-23-14(21)11-12(19)13(20)17-16(11)5-7-18(8-6-16)15(22)24-9-10(2)3/h10-12,19H,4-9H2,1-3H3,(H,17,20)/t11-,12-/m1/s1. The highest BCUT2D eigenvalue weighted by Crippen LogP contribution is 2.37. The molecule has 0 bridgehead atoms. The van der Waals surface area contributed by atoms with Gasteiger partial charge in [-0.1, -0.05) is 13.8 Å². The Kier molecular flexibility index (Phi) is 5.69. The summed E-state index contributed by atoms with van der Waals surface area (Å²) in [6.45, 7) is 6.81.